The summed E-state index contributed by atoms with van der Waals surface area (Å²) in [4.78, 5) is 23.3. The highest BCUT2D eigenvalue weighted by Gasteiger charge is 2.18. The van der Waals surface area contributed by atoms with E-state index in [1.54, 1.807) is 23.4 Å². The molecule has 3 aromatic heterocycles. The third-order valence-corrected chi connectivity index (χ3v) is 5.17. The van der Waals surface area contributed by atoms with Crippen molar-refractivity contribution in [2.75, 3.05) is 31.6 Å². The number of hydrogen-bond acceptors (Lipinski definition) is 5. The van der Waals surface area contributed by atoms with Gasteiger partial charge in [-0.15, -0.1) is 0 Å². The Morgan fingerprint density at radius 1 is 1.00 bits per heavy atom. The molecule has 1 aliphatic heterocycles. The van der Waals surface area contributed by atoms with Crippen LogP contribution in [0.4, 0.5) is 11.5 Å². The second-order valence-electron chi connectivity index (χ2n) is 7.13. The lowest BCUT2D eigenvalue weighted by Crippen LogP contribution is -2.40. The number of carbonyl (C=O) groups excluding carboxylic acids is 1. The number of nitrogens with one attached hydrogen (secondary N) is 1. The average molecular weight is 399 g/mol. The fourth-order valence-electron chi connectivity index (χ4n) is 3.59. The Morgan fingerprint density at radius 3 is 2.60 bits per heavy atom. The van der Waals surface area contributed by atoms with Gasteiger partial charge in [0, 0.05) is 43.4 Å². The fourth-order valence-corrected chi connectivity index (χ4v) is 3.59. The van der Waals surface area contributed by atoms with Crippen molar-refractivity contribution < 1.29 is 9.53 Å². The van der Waals surface area contributed by atoms with Gasteiger partial charge in [-0.3, -0.25) is 4.79 Å². The second-order valence-corrected chi connectivity index (χ2v) is 7.13. The van der Waals surface area contributed by atoms with Gasteiger partial charge in [0.25, 0.3) is 5.91 Å². The monoisotopic (exact) mass is 399 g/mol. The number of benzene rings is 1. The van der Waals surface area contributed by atoms with Gasteiger partial charge < -0.3 is 19.4 Å². The van der Waals surface area contributed by atoms with Gasteiger partial charge in [-0.25, -0.2) is 9.97 Å². The van der Waals surface area contributed by atoms with Crippen LogP contribution in [-0.4, -0.2) is 51.5 Å². The number of ether oxygens (including phenoxy) is 1. The van der Waals surface area contributed by atoms with Crippen LogP contribution < -0.4 is 5.32 Å². The van der Waals surface area contributed by atoms with Gasteiger partial charge in [0.2, 0.25) is 0 Å². The van der Waals surface area contributed by atoms with E-state index in [-0.39, 0.29) is 5.91 Å². The molecule has 150 valence electrons. The summed E-state index contributed by atoms with van der Waals surface area (Å²) in [6.07, 6.45) is 7.36. The Labute approximate surface area is 174 Å². The van der Waals surface area contributed by atoms with Crippen molar-refractivity contribution in [2.24, 2.45) is 0 Å². The average Bonchev–Trinajstić information content (AvgIpc) is 3.29. The minimum Gasteiger partial charge on any atom is -0.378 e. The molecule has 0 radical (unpaired) electrons. The van der Waals surface area contributed by atoms with E-state index in [0.717, 1.165) is 22.5 Å². The number of imidazole rings is 1. The van der Waals surface area contributed by atoms with Crippen LogP contribution in [0.1, 0.15) is 10.4 Å². The quantitative estimate of drug-likeness (QED) is 0.568. The molecule has 1 amide bonds. The summed E-state index contributed by atoms with van der Waals surface area (Å²) in [7, 11) is 0. The van der Waals surface area contributed by atoms with E-state index in [0.29, 0.717) is 37.7 Å². The Hall–Kier alpha value is -3.71. The van der Waals surface area contributed by atoms with Crippen molar-refractivity contribution in [3.8, 4) is 11.1 Å². The van der Waals surface area contributed by atoms with Crippen molar-refractivity contribution in [3.63, 3.8) is 0 Å². The van der Waals surface area contributed by atoms with E-state index in [9.17, 15) is 4.79 Å². The Morgan fingerprint density at radius 2 is 1.83 bits per heavy atom. The highest BCUT2D eigenvalue weighted by Crippen LogP contribution is 2.27. The van der Waals surface area contributed by atoms with Gasteiger partial charge in [0.15, 0.2) is 5.65 Å². The van der Waals surface area contributed by atoms with Gasteiger partial charge in [0.1, 0.15) is 5.82 Å². The molecular weight excluding hydrogens is 378 g/mol. The van der Waals surface area contributed by atoms with Crippen LogP contribution in [0.2, 0.25) is 0 Å². The minimum absolute atomic E-state index is 0.0147. The van der Waals surface area contributed by atoms with E-state index in [2.05, 4.69) is 39.7 Å². The standard InChI is InChI=1S/C23H21N5O2/c29-23(27-10-12-30-13-11-27)18-6-7-21(25-15-18)26-20-14-19(17-4-2-1-3-5-17)16-28-9-8-24-22(20)28/h1-9,14-16H,10-13H2,(H,25,26). The van der Waals surface area contributed by atoms with Crippen molar-refractivity contribution in [2.45, 2.75) is 0 Å². The number of anilines is 2. The summed E-state index contributed by atoms with van der Waals surface area (Å²) in [5.41, 5.74) is 4.43. The Balaban J connectivity index is 1.41. The van der Waals surface area contributed by atoms with Crippen LogP contribution in [-0.2, 0) is 4.74 Å². The largest absolute Gasteiger partial charge is 0.378 e. The predicted octanol–water partition coefficient (Wildman–Crippen LogP) is 3.61. The van der Waals surface area contributed by atoms with E-state index in [4.69, 9.17) is 4.74 Å². The normalized spacial score (nSPS) is 14.1. The molecule has 0 spiro atoms. The molecule has 7 heteroatoms. The summed E-state index contributed by atoms with van der Waals surface area (Å²) in [6, 6.07) is 15.9. The smallest absolute Gasteiger partial charge is 0.255 e. The number of nitrogens with zero attached hydrogens (tertiary/aromatic N) is 4. The summed E-state index contributed by atoms with van der Waals surface area (Å²) < 4.78 is 7.30. The first kappa shape index (κ1) is 18.3. The number of fused-ring (bicyclic) bond motifs is 1. The molecular formula is C23H21N5O2. The molecule has 1 N–H and O–H groups in total. The van der Waals surface area contributed by atoms with Crippen molar-refractivity contribution in [3.05, 3.63) is 78.9 Å². The third kappa shape index (κ3) is 3.62. The number of rotatable bonds is 4. The molecule has 0 atom stereocenters. The number of aromatic nitrogens is 3. The van der Waals surface area contributed by atoms with E-state index < -0.39 is 0 Å². The van der Waals surface area contributed by atoms with E-state index in [1.165, 1.54) is 0 Å². The third-order valence-electron chi connectivity index (χ3n) is 5.17. The van der Waals surface area contributed by atoms with Gasteiger partial charge in [-0.2, -0.15) is 0 Å². The van der Waals surface area contributed by atoms with Crippen molar-refractivity contribution >= 4 is 23.1 Å². The zero-order chi connectivity index (χ0) is 20.3. The number of morpholine rings is 1. The van der Waals surface area contributed by atoms with Crippen LogP contribution in [0.25, 0.3) is 16.8 Å². The second kappa shape index (κ2) is 7.96. The molecule has 30 heavy (non-hydrogen) atoms. The first-order valence-corrected chi connectivity index (χ1v) is 9.90. The minimum atomic E-state index is -0.0147. The fraction of sp³-hybridized carbons (Fsp3) is 0.174. The van der Waals surface area contributed by atoms with Crippen molar-refractivity contribution in [1.29, 1.82) is 0 Å². The Bertz CT molecular complexity index is 1170. The lowest BCUT2D eigenvalue weighted by atomic mass is 10.1. The molecule has 1 saturated heterocycles. The summed E-state index contributed by atoms with van der Waals surface area (Å²) >= 11 is 0. The molecule has 1 aliphatic rings. The molecule has 4 aromatic rings. The number of hydrogen-bond donors (Lipinski definition) is 1. The van der Waals surface area contributed by atoms with Gasteiger partial charge in [-0.1, -0.05) is 30.3 Å². The first-order chi connectivity index (χ1) is 14.8. The summed E-state index contributed by atoms with van der Waals surface area (Å²) in [6.45, 7) is 2.39. The van der Waals surface area contributed by atoms with E-state index >= 15 is 0 Å². The molecule has 1 fully saturated rings. The molecule has 1 aromatic carbocycles. The highest BCUT2D eigenvalue weighted by atomic mass is 16.5. The lowest BCUT2D eigenvalue weighted by Gasteiger charge is -2.26. The van der Waals surface area contributed by atoms with Gasteiger partial charge in [-0.05, 0) is 23.8 Å². The Kier molecular flexibility index (Phi) is 4.86. The number of pyridine rings is 2. The predicted molar refractivity (Wildman–Crippen MR) is 115 cm³/mol. The number of carbonyl (C=O) groups is 1. The summed E-state index contributed by atoms with van der Waals surface area (Å²) in [5.74, 6) is 0.641. The molecule has 4 heterocycles. The maximum absolute atomic E-state index is 12.6. The maximum Gasteiger partial charge on any atom is 0.255 e. The maximum atomic E-state index is 12.6. The van der Waals surface area contributed by atoms with E-state index in [1.807, 2.05) is 34.9 Å². The molecule has 0 aliphatic carbocycles. The van der Waals surface area contributed by atoms with Crippen LogP contribution >= 0.6 is 0 Å². The first-order valence-electron chi connectivity index (χ1n) is 9.90. The molecule has 7 nitrogen and oxygen atoms in total. The zero-order valence-electron chi connectivity index (χ0n) is 16.4. The molecule has 5 rings (SSSR count). The van der Waals surface area contributed by atoms with Crippen LogP contribution in [0.15, 0.2) is 73.3 Å². The molecule has 0 saturated carbocycles. The molecule has 0 bridgehead atoms. The topological polar surface area (TPSA) is 71.8 Å². The zero-order valence-corrected chi connectivity index (χ0v) is 16.4. The highest BCUT2D eigenvalue weighted by molar-refractivity contribution is 5.94. The lowest BCUT2D eigenvalue weighted by molar-refractivity contribution is 0.0302. The van der Waals surface area contributed by atoms with Gasteiger partial charge >= 0.3 is 0 Å². The molecule has 0 unspecified atom stereocenters. The van der Waals surface area contributed by atoms with Crippen LogP contribution in [0.5, 0.6) is 0 Å². The van der Waals surface area contributed by atoms with Crippen LogP contribution in [0.3, 0.4) is 0 Å². The van der Waals surface area contributed by atoms with Crippen molar-refractivity contribution in [1.82, 2.24) is 19.3 Å². The van der Waals surface area contributed by atoms with Gasteiger partial charge in [0.05, 0.1) is 24.5 Å². The number of amides is 1. The summed E-state index contributed by atoms with van der Waals surface area (Å²) in [5, 5.41) is 3.35. The van der Waals surface area contributed by atoms with Crippen LogP contribution in [0, 0.1) is 0 Å². The SMILES string of the molecule is O=C(c1ccc(Nc2cc(-c3ccccc3)cn3ccnc23)nc1)N1CCOCC1.